The molecular formula is C21H26FN3O2. The molecule has 27 heavy (non-hydrogen) atoms. The second-order valence-corrected chi connectivity index (χ2v) is 7.05. The summed E-state index contributed by atoms with van der Waals surface area (Å²) in [6.07, 6.45) is 7.40. The van der Waals surface area contributed by atoms with Crippen molar-refractivity contribution >= 4 is 11.7 Å². The summed E-state index contributed by atoms with van der Waals surface area (Å²) in [5.41, 5.74) is 3.34. The Bertz CT molecular complexity index is 798. The number of hydrogen-bond donors (Lipinski definition) is 2. The number of aryl methyl sites for hydroxylation is 1. The van der Waals surface area contributed by atoms with E-state index in [0.29, 0.717) is 17.6 Å². The van der Waals surface area contributed by atoms with Crippen LogP contribution in [-0.2, 0) is 0 Å². The Morgan fingerprint density at radius 3 is 2.63 bits per heavy atom. The number of aliphatic hydroxyl groups is 1. The normalized spacial score (nSPS) is 20.2. The Balaban J connectivity index is 0.000000659. The summed E-state index contributed by atoms with van der Waals surface area (Å²) in [5, 5.41) is 10.6. The van der Waals surface area contributed by atoms with Crippen LogP contribution in [0, 0.1) is 12.7 Å². The molecule has 3 heterocycles. The van der Waals surface area contributed by atoms with Gasteiger partial charge >= 0.3 is 6.03 Å². The summed E-state index contributed by atoms with van der Waals surface area (Å²) in [4.78, 5) is 18.4. The lowest BCUT2D eigenvalue weighted by atomic mass is 9.80. The first kappa shape index (κ1) is 19.3. The van der Waals surface area contributed by atoms with Crippen LogP contribution in [0.2, 0.25) is 0 Å². The summed E-state index contributed by atoms with van der Waals surface area (Å²) in [5.74, 6) is -0.366. The van der Waals surface area contributed by atoms with Gasteiger partial charge in [-0.15, -0.1) is 0 Å². The zero-order chi connectivity index (χ0) is 19.4. The molecule has 2 aromatic rings. The molecular weight excluding hydrogens is 345 g/mol. The van der Waals surface area contributed by atoms with Gasteiger partial charge in [0.05, 0.1) is 6.20 Å². The average molecular weight is 371 g/mol. The highest BCUT2D eigenvalue weighted by Crippen LogP contribution is 2.38. The molecule has 0 radical (unpaired) electrons. The molecule has 0 spiro atoms. The van der Waals surface area contributed by atoms with Gasteiger partial charge in [0.25, 0.3) is 0 Å². The quantitative estimate of drug-likeness (QED) is 0.825. The van der Waals surface area contributed by atoms with Gasteiger partial charge in [-0.2, -0.15) is 0 Å². The number of halogens is 1. The molecule has 2 bridgehead atoms. The summed E-state index contributed by atoms with van der Waals surface area (Å²) >= 11 is 0. The first-order chi connectivity index (χ1) is 13.0. The number of carbonyl (C=O) groups excluding carboxylic acids is 1. The van der Waals surface area contributed by atoms with Crippen molar-refractivity contribution in [2.45, 2.75) is 51.6 Å². The second kappa shape index (κ2) is 8.48. The molecule has 1 aromatic heterocycles. The van der Waals surface area contributed by atoms with Crippen LogP contribution in [-0.4, -0.2) is 39.7 Å². The highest BCUT2D eigenvalue weighted by Gasteiger charge is 2.44. The molecule has 2 amide bonds. The molecule has 0 aliphatic carbocycles. The topological polar surface area (TPSA) is 65.5 Å². The summed E-state index contributed by atoms with van der Waals surface area (Å²) in [6, 6.07) is 7.96. The number of aromatic nitrogens is 1. The van der Waals surface area contributed by atoms with Gasteiger partial charge in [0, 0.05) is 36.1 Å². The van der Waals surface area contributed by atoms with Crippen molar-refractivity contribution < 1.29 is 14.3 Å². The number of aliphatic hydroxyl groups excluding tert-OH is 1. The summed E-state index contributed by atoms with van der Waals surface area (Å²) < 4.78 is 13.4. The Hall–Kier alpha value is -2.47. The minimum absolute atomic E-state index is 0.0249. The van der Waals surface area contributed by atoms with E-state index < -0.39 is 0 Å². The largest absolute Gasteiger partial charge is 0.397 e. The van der Waals surface area contributed by atoms with Gasteiger partial charge in [0.2, 0.25) is 0 Å². The van der Waals surface area contributed by atoms with E-state index in [1.807, 2.05) is 30.0 Å². The molecule has 4 rings (SSSR count). The molecule has 1 aromatic carbocycles. The lowest BCUT2D eigenvalue weighted by Gasteiger charge is -2.52. The van der Waals surface area contributed by atoms with E-state index >= 15 is 0 Å². The number of nitrogens with one attached hydrogen (secondary N) is 1. The number of rotatable bonds is 2. The molecule has 2 fully saturated rings. The second-order valence-electron chi connectivity index (χ2n) is 7.05. The Kier molecular flexibility index (Phi) is 6.06. The standard InChI is InChI=1S/C19H20FN3O.C2H6O/c1-12-5-6-15(8-18(12)13-7-14(20)11-21-10-13)22-19(24)23-16-3-2-4-17(23)9-16;1-2-3/h5-8,10-11,16-17H,2-4,9H2,1H3,(H,22,24);3H,2H2,1H3/t16-,17?;/m1./s1. The van der Waals surface area contributed by atoms with Crippen LogP contribution in [0.4, 0.5) is 14.9 Å². The van der Waals surface area contributed by atoms with Crippen LogP contribution < -0.4 is 5.32 Å². The first-order valence-electron chi connectivity index (χ1n) is 9.45. The van der Waals surface area contributed by atoms with E-state index in [0.717, 1.165) is 36.1 Å². The van der Waals surface area contributed by atoms with Gasteiger partial charge in [0.15, 0.2) is 0 Å². The number of hydrogen-bond acceptors (Lipinski definition) is 3. The molecule has 144 valence electrons. The highest BCUT2D eigenvalue weighted by atomic mass is 19.1. The molecule has 2 N–H and O–H groups in total. The third kappa shape index (κ3) is 4.27. The van der Waals surface area contributed by atoms with Crippen LogP contribution in [0.15, 0.2) is 36.7 Å². The number of nitrogens with zero attached hydrogens (tertiary/aromatic N) is 2. The highest BCUT2D eigenvalue weighted by molar-refractivity contribution is 5.91. The van der Waals surface area contributed by atoms with Gasteiger partial charge in [0.1, 0.15) is 5.82 Å². The number of pyridine rings is 1. The molecule has 2 aliphatic heterocycles. The Morgan fingerprint density at radius 1 is 1.30 bits per heavy atom. The molecule has 5 nitrogen and oxygen atoms in total. The third-order valence-electron chi connectivity index (χ3n) is 5.14. The van der Waals surface area contributed by atoms with E-state index in [1.54, 1.807) is 13.1 Å². The van der Waals surface area contributed by atoms with E-state index in [9.17, 15) is 9.18 Å². The van der Waals surface area contributed by atoms with E-state index in [4.69, 9.17) is 5.11 Å². The maximum absolute atomic E-state index is 13.4. The number of fused-ring (bicyclic) bond motifs is 2. The van der Waals surface area contributed by atoms with Gasteiger partial charge in [-0.25, -0.2) is 9.18 Å². The van der Waals surface area contributed by atoms with Crippen molar-refractivity contribution in [1.82, 2.24) is 9.88 Å². The van der Waals surface area contributed by atoms with Crippen molar-refractivity contribution in [1.29, 1.82) is 0 Å². The summed E-state index contributed by atoms with van der Waals surface area (Å²) in [7, 11) is 0. The number of urea groups is 1. The van der Waals surface area contributed by atoms with Crippen molar-refractivity contribution in [2.24, 2.45) is 0 Å². The lowest BCUT2D eigenvalue weighted by Crippen LogP contribution is -2.62. The Labute approximate surface area is 159 Å². The molecule has 2 saturated heterocycles. The molecule has 2 atom stereocenters. The van der Waals surface area contributed by atoms with E-state index in [1.165, 1.54) is 18.7 Å². The number of carbonyl (C=O) groups is 1. The molecule has 2 aliphatic rings. The zero-order valence-electron chi connectivity index (χ0n) is 15.8. The maximum atomic E-state index is 13.4. The van der Waals surface area contributed by atoms with E-state index in [-0.39, 0.29) is 18.5 Å². The van der Waals surface area contributed by atoms with E-state index in [2.05, 4.69) is 10.3 Å². The van der Waals surface area contributed by atoms with Crippen LogP contribution in [0.5, 0.6) is 0 Å². The smallest absolute Gasteiger partial charge is 0.322 e. The van der Waals surface area contributed by atoms with Crippen LogP contribution >= 0.6 is 0 Å². The fourth-order valence-electron chi connectivity index (χ4n) is 3.89. The van der Waals surface area contributed by atoms with Gasteiger partial charge in [-0.1, -0.05) is 6.07 Å². The first-order valence-corrected chi connectivity index (χ1v) is 9.45. The number of benzene rings is 1. The van der Waals surface area contributed by atoms with Crippen molar-refractivity contribution in [2.75, 3.05) is 11.9 Å². The Morgan fingerprint density at radius 2 is 2.00 bits per heavy atom. The monoisotopic (exact) mass is 371 g/mol. The number of anilines is 1. The predicted octanol–water partition coefficient (Wildman–Crippen LogP) is 4.35. The van der Waals surface area contributed by atoms with Gasteiger partial charge in [-0.05, 0) is 68.9 Å². The van der Waals surface area contributed by atoms with Crippen molar-refractivity contribution in [3.63, 3.8) is 0 Å². The summed E-state index contributed by atoms with van der Waals surface area (Å²) in [6.45, 7) is 3.89. The maximum Gasteiger partial charge on any atom is 0.322 e. The average Bonchev–Trinajstić information content (AvgIpc) is 2.64. The van der Waals surface area contributed by atoms with Crippen molar-refractivity contribution in [3.05, 3.63) is 48.0 Å². The van der Waals surface area contributed by atoms with Crippen molar-refractivity contribution in [3.8, 4) is 11.1 Å². The lowest BCUT2D eigenvalue weighted by molar-refractivity contribution is 0.0173. The minimum atomic E-state index is -0.366. The van der Waals surface area contributed by atoms with Gasteiger partial charge < -0.3 is 15.3 Å². The number of piperidine rings is 1. The molecule has 1 unspecified atom stereocenters. The van der Waals surface area contributed by atoms with Crippen LogP contribution in [0.1, 0.15) is 38.2 Å². The van der Waals surface area contributed by atoms with Crippen LogP contribution in [0.25, 0.3) is 11.1 Å². The molecule has 0 saturated carbocycles. The SMILES string of the molecule is CCO.Cc1ccc(NC(=O)N2C3CCC[C@@H]2C3)cc1-c1cncc(F)c1. The van der Waals surface area contributed by atoms with Crippen LogP contribution in [0.3, 0.4) is 0 Å². The predicted molar refractivity (Wildman–Crippen MR) is 104 cm³/mol. The third-order valence-corrected chi connectivity index (χ3v) is 5.14. The van der Waals surface area contributed by atoms with Gasteiger partial charge in [-0.3, -0.25) is 4.98 Å². The number of amides is 2. The fourth-order valence-corrected chi connectivity index (χ4v) is 3.89. The minimum Gasteiger partial charge on any atom is -0.397 e. The fraction of sp³-hybridized carbons (Fsp3) is 0.429. The molecule has 6 heteroatoms. The zero-order valence-corrected chi connectivity index (χ0v) is 15.8.